The molecule has 0 aromatic carbocycles. The molecule has 0 amide bonds. The molecular weight excluding hydrogens is 202 g/mol. The Morgan fingerprint density at radius 3 is 2.69 bits per heavy atom. The quantitative estimate of drug-likeness (QED) is 0.664. The Balaban J connectivity index is 2.32. The minimum Gasteiger partial charge on any atom is -0.394 e. The van der Waals surface area contributed by atoms with Gasteiger partial charge in [-0.15, -0.1) is 0 Å². The topological polar surface area (TPSA) is 38.7 Å². The van der Waals surface area contributed by atoms with Crippen LogP contribution in [-0.4, -0.2) is 74.4 Å². The fraction of sp³-hybridized carbons (Fsp3) is 1.00. The molecule has 96 valence electrons. The first kappa shape index (κ1) is 13.9. The van der Waals surface area contributed by atoms with Crippen LogP contribution >= 0.6 is 0 Å². The number of aliphatic hydroxyl groups is 1. The van der Waals surface area contributed by atoms with Gasteiger partial charge in [-0.2, -0.15) is 0 Å². The highest BCUT2D eigenvalue weighted by Gasteiger charge is 2.26. The molecule has 2 atom stereocenters. The predicted molar refractivity (Wildman–Crippen MR) is 67.7 cm³/mol. The summed E-state index contributed by atoms with van der Waals surface area (Å²) >= 11 is 0. The highest BCUT2D eigenvalue weighted by molar-refractivity contribution is 4.85. The van der Waals surface area contributed by atoms with Crippen LogP contribution < -0.4 is 5.32 Å². The molecule has 0 spiro atoms. The molecule has 0 aromatic heterocycles. The van der Waals surface area contributed by atoms with Crippen molar-refractivity contribution in [3.05, 3.63) is 0 Å². The van der Waals surface area contributed by atoms with Crippen LogP contribution in [0.4, 0.5) is 0 Å². The number of hydrogen-bond donors (Lipinski definition) is 2. The average Bonchev–Trinajstić information content (AvgIpc) is 2.63. The van der Waals surface area contributed by atoms with Gasteiger partial charge in [-0.1, -0.05) is 0 Å². The smallest absolute Gasteiger partial charge is 0.0623 e. The summed E-state index contributed by atoms with van der Waals surface area (Å²) in [6.45, 7) is 6.69. The number of aliphatic hydroxyl groups excluding tert-OH is 1. The lowest BCUT2D eigenvalue weighted by Gasteiger charge is -2.33. The molecule has 1 heterocycles. The molecule has 1 aliphatic heterocycles. The van der Waals surface area contributed by atoms with Crippen LogP contribution in [0.25, 0.3) is 0 Å². The average molecular weight is 229 g/mol. The largest absolute Gasteiger partial charge is 0.394 e. The van der Waals surface area contributed by atoms with Gasteiger partial charge < -0.3 is 20.2 Å². The van der Waals surface area contributed by atoms with Gasteiger partial charge >= 0.3 is 0 Å². The van der Waals surface area contributed by atoms with Crippen molar-refractivity contribution in [1.82, 2.24) is 15.1 Å². The number of likely N-dealkylation sites (tertiary alicyclic amines) is 1. The lowest BCUT2D eigenvalue weighted by Crippen LogP contribution is -2.52. The summed E-state index contributed by atoms with van der Waals surface area (Å²) in [4.78, 5) is 4.72. The summed E-state index contributed by atoms with van der Waals surface area (Å²) in [5.74, 6) is 0.787. The predicted octanol–water partition coefficient (Wildman–Crippen LogP) is -0.160. The number of likely N-dealkylation sites (N-methyl/N-ethyl adjacent to an activating group) is 2. The monoisotopic (exact) mass is 229 g/mol. The van der Waals surface area contributed by atoms with Gasteiger partial charge in [0, 0.05) is 19.6 Å². The molecule has 0 aliphatic carbocycles. The van der Waals surface area contributed by atoms with Crippen LogP contribution in [0.3, 0.4) is 0 Å². The zero-order chi connectivity index (χ0) is 12.2. The van der Waals surface area contributed by atoms with Crippen LogP contribution in [0, 0.1) is 5.92 Å². The molecule has 1 rings (SSSR count). The maximum atomic E-state index is 9.34. The van der Waals surface area contributed by atoms with Crippen LogP contribution in [0.2, 0.25) is 0 Å². The maximum absolute atomic E-state index is 9.34. The second-order valence-electron chi connectivity index (χ2n) is 5.58. The molecule has 16 heavy (non-hydrogen) atoms. The second kappa shape index (κ2) is 5.96. The van der Waals surface area contributed by atoms with Gasteiger partial charge in [0.05, 0.1) is 12.1 Å². The summed E-state index contributed by atoms with van der Waals surface area (Å²) in [5, 5.41) is 12.5. The maximum Gasteiger partial charge on any atom is 0.0623 e. The third-order valence-electron chi connectivity index (χ3n) is 3.63. The minimum atomic E-state index is -0.181. The molecule has 0 saturated carbocycles. The zero-order valence-electron chi connectivity index (χ0n) is 11.2. The van der Waals surface area contributed by atoms with Crippen molar-refractivity contribution in [2.75, 3.05) is 53.9 Å². The normalized spacial score (nSPS) is 26.2. The van der Waals surface area contributed by atoms with Crippen molar-refractivity contribution in [3.63, 3.8) is 0 Å². The highest BCUT2D eigenvalue weighted by Crippen LogP contribution is 2.16. The van der Waals surface area contributed by atoms with Gasteiger partial charge in [-0.3, -0.25) is 0 Å². The van der Waals surface area contributed by atoms with Crippen molar-refractivity contribution < 1.29 is 5.11 Å². The van der Waals surface area contributed by atoms with Gasteiger partial charge in [-0.25, -0.2) is 0 Å². The van der Waals surface area contributed by atoms with Crippen molar-refractivity contribution in [1.29, 1.82) is 0 Å². The number of nitrogens with one attached hydrogen (secondary N) is 1. The SMILES string of the molecule is CNC(C)(CO)CN(C)CC1CCN(C)C1. The van der Waals surface area contributed by atoms with Crippen molar-refractivity contribution in [2.24, 2.45) is 5.92 Å². The Morgan fingerprint density at radius 1 is 1.56 bits per heavy atom. The molecule has 1 aliphatic rings. The molecule has 4 heteroatoms. The van der Waals surface area contributed by atoms with Gasteiger partial charge in [0.25, 0.3) is 0 Å². The lowest BCUT2D eigenvalue weighted by molar-refractivity contribution is 0.131. The van der Waals surface area contributed by atoms with Crippen LogP contribution in [-0.2, 0) is 0 Å². The Bertz CT molecular complexity index is 206. The molecule has 2 N–H and O–H groups in total. The van der Waals surface area contributed by atoms with Crippen molar-refractivity contribution >= 4 is 0 Å². The molecule has 0 aromatic rings. The zero-order valence-corrected chi connectivity index (χ0v) is 11.2. The van der Waals surface area contributed by atoms with E-state index in [2.05, 4.69) is 36.1 Å². The number of hydrogen-bond acceptors (Lipinski definition) is 4. The van der Waals surface area contributed by atoms with Gasteiger partial charge in [0.15, 0.2) is 0 Å². The summed E-state index contributed by atoms with van der Waals surface area (Å²) in [7, 11) is 6.24. The Labute approximate surface area is 99.6 Å². The minimum absolute atomic E-state index is 0.179. The highest BCUT2D eigenvalue weighted by atomic mass is 16.3. The van der Waals surface area contributed by atoms with Gasteiger partial charge in [0.2, 0.25) is 0 Å². The van der Waals surface area contributed by atoms with E-state index in [1.165, 1.54) is 19.5 Å². The first-order valence-corrected chi connectivity index (χ1v) is 6.16. The van der Waals surface area contributed by atoms with E-state index >= 15 is 0 Å². The summed E-state index contributed by atoms with van der Waals surface area (Å²) in [5.41, 5.74) is -0.181. The molecule has 0 radical (unpaired) electrons. The Kier molecular flexibility index (Phi) is 5.18. The van der Waals surface area contributed by atoms with E-state index in [-0.39, 0.29) is 12.1 Å². The van der Waals surface area contributed by atoms with Gasteiger partial charge in [0.1, 0.15) is 0 Å². The van der Waals surface area contributed by atoms with E-state index in [1.807, 2.05) is 7.05 Å². The molecular formula is C12H27N3O. The third-order valence-corrected chi connectivity index (χ3v) is 3.63. The third kappa shape index (κ3) is 4.01. The summed E-state index contributed by atoms with van der Waals surface area (Å²) < 4.78 is 0. The van der Waals surface area contributed by atoms with E-state index in [0.29, 0.717) is 0 Å². The molecule has 1 saturated heterocycles. The second-order valence-corrected chi connectivity index (χ2v) is 5.58. The van der Waals surface area contributed by atoms with Crippen LogP contribution in [0.5, 0.6) is 0 Å². The van der Waals surface area contributed by atoms with E-state index in [1.54, 1.807) is 0 Å². The molecule has 1 fully saturated rings. The molecule has 2 unspecified atom stereocenters. The van der Waals surface area contributed by atoms with Gasteiger partial charge in [-0.05, 0) is 47.0 Å². The number of nitrogens with zero attached hydrogens (tertiary/aromatic N) is 2. The summed E-state index contributed by atoms with van der Waals surface area (Å²) in [6, 6.07) is 0. The standard InChI is InChI=1S/C12H27N3O/c1-12(10-16,13-2)9-15(4)8-11-5-6-14(3)7-11/h11,13,16H,5-10H2,1-4H3. The van der Waals surface area contributed by atoms with E-state index in [9.17, 15) is 5.11 Å². The number of rotatable bonds is 6. The van der Waals surface area contributed by atoms with E-state index in [0.717, 1.165) is 19.0 Å². The summed E-state index contributed by atoms with van der Waals surface area (Å²) in [6.07, 6.45) is 1.30. The van der Waals surface area contributed by atoms with E-state index < -0.39 is 0 Å². The van der Waals surface area contributed by atoms with Crippen LogP contribution in [0.1, 0.15) is 13.3 Å². The molecule has 4 nitrogen and oxygen atoms in total. The Hall–Kier alpha value is -0.160. The van der Waals surface area contributed by atoms with Crippen LogP contribution in [0.15, 0.2) is 0 Å². The fourth-order valence-electron chi connectivity index (χ4n) is 2.48. The first-order chi connectivity index (χ1) is 7.49. The van der Waals surface area contributed by atoms with Crippen molar-refractivity contribution in [2.45, 2.75) is 18.9 Å². The van der Waals surface area contributed by atoms with Crippen molar-refractivity contribution in [3.8, 4) is 0 Å². The fourth-order valence-corrected chi connectivity index (χ4v) is 2.48. The lowest BCUT2D eigenvalue weighted by atomic mass is 10.0. The van der Waals surface area contributed by atoms with E-state index in [4.69, 9.17) is 0 Å². The first-order valence-electron chi connectivity index (χ1n) is 6.16. The molecule has 0 bridgehead atoms. The Morgan fingerprint density at radius 2 is 2.25 bits per heavy atom.